The number of fused-ring (bicyclic) bond motifs is 2. The van der Waals surface area contributed by atoms with Gasteiger partial charge in [-0.2, -0.15) is 0 Å². The van der Waals surface area contributed by atoms with E-state index in [1.807, 2.05) is 27.7 Å². The summed E-state index contributed by atoms with van der Waals surface area (Å²) in [7, 11) is 0. The summed E-state index contributed by atoms with van der Waals surface area (Å²) in [5.41, 5.74) is -1.37. The molecule has 1 heterocycles. The summed E-state index contributed by atoms with van der Waals surface area (Å²) in [6, 6.07) is 0. The second-order valence-electron chi connectivity index (χ2n) is 10.5. The molecule has 4 nitrogen and oxygen atoms in total. The molecule has 0 spiro atoms. The van der Waals surface area contributed by atoms with E-state index in [9.17, 15) is 10.2 Å². The first-order valence-corrected chi connectivity index (χ1v) is 8.40. The highest BCUT2D eigenvalue weighted by Gasteiger charge is 2.76. The van der Waals surface area contributed by atoms with Crippen molar-refractivity contribution in [2.24, 2.45) is 21.7 Å². The Kier molecular flexibility index (Phi) is 2.96. The highest BCUT2D eigenvalue weighted by molar-refractivity contribution is 5.17. The molecule has 2 N–H and O–H groups in total. The van der Waals surface area contributed by atoms with Gasteiger partial charge in [-0.15, -0.1) is 0 Å². The zero-order chi connectivity index (χ0) is 17.0. The normalized spacial score (nSPS) is 50.5. The van der Waals surface area contributed by atoms with Crippen LogP contribution in [0.2, 0.25) is 0 Å². The molecule has 0 amide bonds. The molecule has 4 atom stereocenters. The first kappa shape index (κ1) is 16.7. The minimum atomic E-state index is -1.37. The van der Waals surface area contributed by atoms with Crippen molar-refractivity contribution in [2.45, 2.75) is 92.0 Å². The summed E-state index contributed by atoms with van der Waals surface area (Å²) in [5.74, 6) is -2.74. The lowest BCUT2D eigenvalue weighted by Crippen LogP contribution is -2.69. The van der Waals surface area contributed by atoms with E-state index in [0.717, 1.165) is 12.8 Å². The Morgan fingerprint density at radius 3 is 1.18 bits per heavy atom. The molecule has 3 aliphatic rings. The van der Waals surface area contributed by atoms with Gasteiger partial charge in [0, 0.05) is 10.8 Å². The van der Waals surface area contributed by atoms with Gasteiger partial charge in [0.1, 0.15) is 12.2 Å². The maximum atomic E-state index is 11.4. The average Bonchev–Trinajstić information content (AvgIpc) is 2.49. The smallest absolute Gasteiger partial charge is 0.198 e. The van der Waals surface area contributed by atoms with Crippen LogP contribution in [0.5, 0.6) is 0 Å². The van der Waals surface area contributed by atoms with Crippen LogP contribution in [-0.4, -0.2) is 34.0 Å². The molecule has 0 aromatic heterocycles. The molecule has 3 fully saturated rings. The molecule has 3 rings (SSSR count). The number of rotatable bonds is 0. The van der Waals surface area contributed by atoms with Gasteiger partial charge in [0.05, 0.1) is 0 Å². The van der Waals surface area contributed by atoms with E-state index in [1.165, 1.54) is 0 Å². The van der Waals surface area contributed by atoms with Crippen molar-refractivity contribution < 1.29 is 19.7 Å². The summed E-state index contributed by atoms with van der Waals surface area (Å²) < 4.78 is 12.6. The second kappa shape index (κ2) is 3.90. The van der Waals surface area contributed by atoms with Crippen molar-refractivity contribution in [3.05, 3.63) is 0 Å². The van der Waals surface area contributed by atoms with E-state index in [1.54, 1.807) is 0 Å². The lowest BCUT2D eigenvalue weighted by Gasteiger charge is -2.55. The van der Waals surface area contributed by atoms with Crippen molar-refractivity contribution >= 4 is 0 Å². The van der Waals surface area contributed by atoms with Gasteiger partial charge in [0.15, 0.2) is 11.6 Å². The fraction of sp³-hybridized carbons (Fsp3) is 1.00. The van der Waals surface area contributed by atoms with E-state index in [-0.39, 0.29) is 10.8 Å². The minimum Gasteiger partial charge on any atom is -0.363 e. The lowest BCUT2D eigenvalue weighted by atomic mass is 9.82. The zero-order valence-corrected chi connectivity index (χ0v) is 15.3. The van der Waals surface area contributed by atoms with Gasteiger partial charge in [-0.05, 0) is 23.7 Å². The second-order valence-corrected chi connectivity index (χ2v) is 10.5. The van der Waals surface area contributed by atoms with Crippen LogP contribution in [0.25, 0.3) is 0 Å². The predicted octanol–water partition coefficient (Wildman–Crippen LogP) is 3.06. The first-order valence-electron chi connectivity index (χ1n) is 8.40. The van der Waals surface area contributed by atoms with Crippen LogP contribution in [-0.2, 0) is 9.47 Å². The molecule has 1 aliphatic heterocycles. The molecule has 1 saturated heterocycles. The van der Waals surface area contributed by atoms with Gasteiger partial charge in [-0.1, -0.05) is 55.4 Å². The highest BCUT2D eigenvalue weighted by Crippen LogP contribution is 2.67. The van der Waals surface area contributed by atoms with E-state index in [0.29, 0.717) is 0 Å². The molecule has 0 aromatic carbocycles. The van der Waals surface area contributed by atoms with Crippen LogP contribution in [0.15, 0.2) is 0 Å². The molecule has 22 heavy (non-hydrogen) atoms. The third kappa shape index (κ3) is 1.73. The molecular formula is C18H32O4. The number of hydrogen-bond donors (Lipinski definition) is 2. The van der Waals surface area contributed by atoms with Gasteiger partial charge >= 0.3 is 0 Å². The zero-order valence-electron chi connectivity index (χ0n) is 15.3. The Morgan fingerprint density at radius 1 is 0.636 bits per heavy atom. The summed E-state index contributed by atoms with van der Waals surface area (Å²) in [5, 5.41) is 22.8. The van der Waals surface area contributed by atoms with Gasteiger partial charge in [0.25, 0.3) is 0 Å². The van der Waals surface area contributed by atoms with Gasteiger partial charge < -0.3 is 19.7 Å². The average molecular weight is 312 g/mol. The number of aliphatic hydroxyl groups is 2. The largest absolute Gasteiger partial charge is 0.363 e. The molecule has 128 valence electrons. The van der Waals surface area contributed by atoms with Crippen molar-refractivity contribution in [3.8, 4) is 0 Å². The predicted molar refractivity (Wildman–Crippen MR) is 84.0 cm³/mol. The molecule has 2 aliphatic carbocycles. The molecule has 0 aromatic rings. The maximum absolute atomic E-state index is 11.4. The van der Waals surface area contributed by atoms with Crippen LogP contribution in [0.1, 0.15) is 68.2 Å². The standard InChI is InChI=1S/C18H32O4/c1-13(2)9-15(5,6)17(19)11(13)21-18(20)12(22-17)14(3,4)10-16(18,7)8/h11-12,19-20H,9-10H2,1-8H3. The molecule has 2 saturated carbocycles. The van der Waals surface area contributed by atoms with Crippen molar-refractivity contribution in [3.63, 3.8) is 0 Å². The molecule has 4 heteroatoms. The van der Waals surface area contributed by atoms with E-state index in [2.05, 4.69) is 27.7 Å². The van der Waals surface area contributed by atoms with Gasteiger partial charge in [0.2, 0.25) is 0 Å². The van der Waals surface area contributed by atoms with Crippen molar-refractivity contribution in [1.82, 2.24) is 0 Å². The van der Waals surface area contributed by atoms with Crippen molar-refractivity contribution in [2.75, 3.05) is 0 Å². The van der Waals surface area contributed by atoms with Gasteiger partial charge in [-0.3, -0.25) is 0 Å². The third-order valence-electron chi connectivity index (χ3n) is 6.46. The summed E-state index contributed by atoms with van der Waals surface area (Å²) in [6.45, 7) is 16.4. The maximum Gasteiger partial charge on any atom is 0.198 e. The van der Waals surface area contributed by atoms with E-state index in [4.69, 9.17) is 9.47 Å². The Morgan fingerprint density at radius 2 is 0.909 bits per heavy atom. The molecule has 0 bridgehead atoms. The van der Waals surface area contributed by atoms with Crippen LogP contribution in [0.4, 0.5) is 0 Å². The minimum absolute atomic E-state index is 0.262. The van der Waals surface area contributed by atoms with Crippen molar-refractivity contribution in [1.29, 1.82) is 0 Å². The number of hydrogen-bond acceptors (Lipinski definition) is 4. The highest BCUT2D eigenvalue weighted by atomic mass is 16.7. The van der Waals surface area contributed by atoms with Crippen LogP contribution >= 0.6 is 0 Å². The Balaban J connectivity index is 2.12. The molecule has 4 unspecified atom stereocenters. The summed E-state index contributed by atoms with van der Waals surface area (Å²) in [6.07, 6.45) is 0.490. The van der Waals surface area contributed by atoms with Crippen LogP contribution in [0, 0.1) is 21.7 Å². The summed E-state index contributed by atoms with van der Waals surface area (Å²) in [4.78, 5) is 0. The number of ether oxygens (including phenoxy) is 2. The Hall–Kier alpha value is -0.160. The molecule has 0 radical (unpaired) electrons. The first-order chi connectivity index (χ1) is 9.59. The van der Waals surface area contributed by atoms with Crippen LogP contribution < -0.4 is 0 Å². The third-order valence-corrected chi connectivity index (χ3v) is 6.46. The quantitative estimate of drug-likeness (QED) is 0.722. The SMILES string of the molecule is CC1(C)CC(C)(C)C2(O)OC3C(C)(C)CC(C)(C)C3(O)OC12. The summed E-state index contributed by atoms with van der Waals surface area (Å²) >= 11 is 0. The Bertz CT molecular complexity index is 461. The molecular weight excluding hydrogens is 280 g/mol. The van der Waals surface area contributed by atoms with E-state index < -0.39 is 34.6 Å². The lowest BCUT2D eigenvalue weighted by molar-refractivity contribution is -0.455. The van der Waals surface area contributed by atoms with Gasteiger partial charge in [-0.25, -0.2) is 0 Å². The fourth-order valence-corrected chi connectivity index (χ4v) is 5.77. The fourth-order valence-electron chi connectivity index (χ4n) is 5.77. The van der Waals surface area contributed by atoms with Crippen LogP contribution in [0.3, 0.4) is 0 Å². The Labute approximate surface area is 134 Å². The topological polar surface area (TPSA) is 58.9 Å². The monoisotopic (exact) mass is 312 g/mol. The van der Waals surface area contributed by atoms with E-state index >= 15 is 0 Å².